The van der Waals surface area contributed by atoms with Gasteiger partial charge in [-0.3, -0.25) is 9.59 Å². The minimum absolute atomic E-state index is 0.0500. The van der Waals surface area contributed by atoms with E-state index in [9.17, 15) is 22.9 Å². The normalized spacial score (nSPS) is 15.4. The highest BCUT2D eigenvalue weighted by Crippen LogP contribution is 2.39. The molecule has 0 aliphatic carbocycles. The fraction of sp³-hybridized carbons (Fsp3) is 0.300. The number of carbonyl (C=O) groups excluding carboxylic acids is 1. The zero-order valence-corrected chi connectivity index (χ0v) is 18.4. The van der Waals surface area contributed by atoms with E-state index in [1.54, 1.807) is 41.5 Å². The molecular weight excluding hydrogens is 458 g/mol. The Morgan fingerprint density at radius 1 is 1.03 bits per heavy atom. The topological polar surface area (TPSA) is 151 Å². The summed E-state index contributed by atoms with van der Waals surface area (Å²) >= 11 is 1.55. The average molecular weight is 480 g/mol. The summed E-state index contributed by atoms with van der Waals surface area (Å²) in [6, 6.07) is 12.3. The van der Waals surface area contributed by atoms with Gasteiger partial charge in [0.2, 0.25) is 0 Å². The van der Waals surface area contributed by atoms with Gasteiger partial charge in [0.05, 0.1) is 10.2 Å². The zero-order valence-electron chi connectivity index (χ0n) is 16.8. The molecule has 2 aromatic carbocycles. The van der Waals surface area contributed by atoms with Crippen LogP contribution in [-0.2, 0) is 19.4 Å². The number of amides is 1. The summed E-state index contributed by atoms with van der Waals surface area (Å²) in [5, 5.41) is 13.8. The lowest BCUT2D eigenvalue weighted by atomic mass is 10.0. The number of rotatable bonds is 9. The fourth-order valence-electron chi connectivity index (χ4n) is 3.33. The minimum Gasteiger partial charge on any atom is -0.480 e. The molecule has 1 saturated heterocycles. The van der Waals surface area contributed by atoms with E-state index in [4.69, 9.17) is 9.84 Å². The number of anilines is 1. The molecule has 32 heavy (non-hydrogen) atoms. The van der Waals surface area contributed by atoms with Crippen LogP contribution in [0.25, 0.3) is 0 Å². The standard InChI is InChI=1S/C20H21N3O7S2/c24-18(25)13-21-14-1-3-15(4-2-14)30-16-5-7-17(8-6-16)32(28,29)20(19(26)22-23-27)9-11-31-12-10-20/h1-8,21H,9-13H2,(H,24,25)(H,22,26,27). The summed E-state index contributed by atoms with van der Waals surface area (Å²) in [4.78, 5) is 33.6. The molecule has 0 unspecified atom stereocenters. The molecule has 0 spiro atoms. The van der Waals surface area contributed by atoms with Gasteiger partial charge in [0.15, 0.2) is 14.6 Å². The molecule has 0 aromatic heterocycles. The van der Waals surface area contributed by atoms with E-state index in [-0.39, 0.29) is 24.3 Å². The Balaban J connectivity index is 1.77. The predicted octanol–water partition coefficient (Wildman–Crippen LogP) is 2.81. The number of hydrogen-bond acceptors (Lipinski definition) is 9. The number of benzene rings is 2. The first kappa shape index (κ1) is 23.5. The molecule has 1 fully saturated rings. The lowest BCUT2D eigenvalue weighted by molar-refractivity contribution is -0.135. The van der Waals surface area contributed by atoms with Crippen LogP contribution in [0, 0.1) is 4.91 Å². The van der Waals surface area contributed by atoms with Gasteiger partial charge in [0, 0.05) is 5.69 Å². The lowest BCUT2D eigenvalue weighted by Crippen LogP contribution is -2.53. The molecule has 1 aliphatic rings. The van der Waals surface area contributed by atoms with Gasteiger partial charge in [-0.25, -0.2) is 13.8 Å². The maximum atomic E-state index is 13.3. The number of carboxylic acid groups (broad SMARTS) is 1. The third kappa shape index (κ3) is 5.02. The maximum Gasteiger partial charge on any atom is 0.322 e. The third-order valence-corrected chi connectivity index (χ3v) is 8.54. The number of carbonyl (C=O) groups is 2. The summed E-state index contributed by atoms with van der Waals surface area (Å²) in [7, 11) is -4.09. The average Bonchev–Trinajstić information content (AvgIpc) is 2.79. The van der Waals surface area contributed by atoms with E-state index in [0.29, 0.717) is 28.7 Å². The Hall–Kier alpha value is -3.12. The van der Waals surface area contributed by atoms with Crippen molar-refractivity contribution in [2.24, 2.45) is 5.29 Å². The Kier molecular flexibility index (Phi) is 7.36. The molecule has 3 N–H and O–H groups in total. The van der Waals surface area contributed by atoms with Crippen LogP contribution in [0.4, 0.5) is 5.69 Å². The van der Waals surface area contributed by atoms with E-state index in [1.165, 1.54) is 24.3 Å². The van der Waals surface area contributed by atoms with Crippen LogP contribution in [0.2, 0.25) is 0 Å². The van der Waals surface area contributed by atoms with Crippen molar-refractivity contribution in [3.05, 3.63) is 53.4 Å². The quantitative estimate of drug-likeness (QED) is 0.364. The van der Waals surface area contributed by atoms with Crippen molar-refractivity contribution in [1.29, 1.82) is 0 Å². The minimum atomic E-state index is -4.09. The molecule has 170 valence electrons. The smallest absolute Gasteiger partial charge is 0.322 e. The van der Waals surface area contributed by atoms with Crippen LogP contribution in [0.3, 0.4) is 0 Å². The number of nitrogens with one attached hydrogen (secondary N) is 2. The van der Waals surface area contributed by atoms with E-state index in [2.05, 4.69) is 10.6 Å². The van der Waals surface area contributed by atoms with Crippen molar-refractivity contribution >= 4 is 39.2 Å². The first-order chi connectivity index (χ1) is 15.3. The van der Waals surface area contributed by atoms with Gasteiger partial charge in [0.1, 0.15) is 18.0 Å². The van der Waals surface area contributed by atoms with Gasteiger partial charge in [-0.05, 0) is 72.9 Å². The van der Waals surface area contributed by atoms with Gasteiger partial charge in [-0.1, -0.05) is 0 Å². The van der Waals surface area contributed by atoms with Crippen molar-refractivity contribution in [2.75, 3.05) is 23.4 Å². The second-order valence-corrected chi connectivity index (χ2v) is 10.5. The number of hydrogen-bond donors (Lipinski definition) is 3. The molecule has 3 rings (SSSR count). The third-order valence-electron chi connectivity index (χ3n) is 5.04. The second-order valence-electron chi connectivity index (χ2n) is 6.99. The maximum absolute atomic E-state index is 13.3. The largest absolute Gasteiger partial charge is 0.480 e. The van der Waals surface area contributed by atoms with Crippen LogP contribution >= 0.6 is 11.8 Å². The van der Waals surface area contributed by atoms with E-state index < -0.39 is 26.5 Å². The van der Waals surface area contributed by atoms with Crippen LogP contribution in [0.1, 0.15) is 12.8 Å². The number of thioether (sulfide) groups is 1. The molecule has 2 aromatic rings. The summed E-state index contributed by atoms with van der Waals surface area (Å²) in [5.74, 6) is -0.0893. The molecule has 1 aliphatic heterocycles. The Labute approximate surface area is 188 Å². The molecule has 10 nitrogen and oxygen atoms in total. The van der Waals surface area contributed by atoms with Gasteiger partial charge >= 0.3 is 5.97 Å². The molecular formula is C20H21N3O7S2. The monoisotopic (exact) mass is 479 g/mol. The number of ether oxygens (including phenoxy) is 1. The lowest BCUT2D eigenvalue weighted by Gasteiger charge is -2.33. The molecule has 0 saturated carbocycles. The Bertz CT molecular complexity index is 1080. The highest BCUT2D eigenvalue weighted by atomic mass is 32.2. The second kappa shape index (κ2) is 10.0. The number of carboxylic acids is 1. The van der Waals surface area contributed by atoms with Gasteiger partial charge < -0.3 is 15.2 Å². The van der Waals surface area contributed by atoms with Crippen molar-refractivity contribution in [2.45, 2.75) is 22.5 Å². The first-order valence-corrected chi connectivity index (χ1v) is 12.2. The zero-order chi connectivity index (χ0) is 23.2. The van der Waals surface area contributed by atoms with Crippen molar-refractivity contribution in [1.82, 2.24) is 5.43 Å². The number of aliphatic carboxylic acids is 1. The molecule has 12 heteroatoms. The number of nitroso groups, excluding NO2 is 1. The van der Waals surface area contributed by atoms with Crippen molar-refractivity contribution < 1.29 is 27.9 Å². The van der Waals surface area contributed by atoms with E-state index >= 15 is 0 Å². The molecule has 1 amide bonds. The highest BCUT2D eigenvalue weighted by molar-refractivity contribution is 7.99. The summed E-state index contributed by atoms with van der Waals surface area (Å²) in [5.41, 5.74) is 2.39. The molecule has 0 radical (unpaired) electrons. The van der Waals surface area contributed by atoms with Crippen LogP contribution in [-0.4, -0.2) is 48.2 Å². The van der Waals surface area contributed by atoms with E-state index in [1.807, 2.05) is 0 Å². The summed E-state index contributed by atoms with van der Waals surface area (Å²) in [6.07, 6.45) is 0.170. The molecule has 1 heterocycles. The Morgan fingerprint density at radius 3 is 2.12 bits per heavy atom. The number of sulfone groups is 1. The van der Waals surface area contributed by atoms with Crippen LogP contribution in [0.5, 0.6) is 11.5 Å². The SMILES string of the molecule is O=NNC(=O)C1(S(=O)(=O)c2ccc(Oc3ccc(NCC(=O)O)cc3)cc2)CCSCC1. The predicted molar refractivity (Wildman–Crippen MR) is 119 cm³/mol. The van der Waals surface area contributed by atoms with Crippen molar-refractivity contribution in [3.63, 3.8) is 0 Å². The van der Waals surface area contributed by atoms with E-state index in [0.717, 1.165) is 0 Å². The van der Waals surface area contributed by atoms with Crippen LogP contribution < -0.4 is 15.5 Å². The van der Waals surface area contributed by atoms with Crippen molar-refractivity contribution in [3.8, 4) is 11.5 Å². The Morgan fingerprint density at radius 2 is 1.59 bits per heavy atom. The number of nitrogens with zero attached hydrogens (tertiary/aromatic N) is 1. The van der Waals surface area contributed by atoms with Gasteiger partial charge in [-0.15, -0.1) is 4.91 Å². The summed E-state index contributed by atoms with van der Waals surface area (Å²) in [6.45, 7) is -0.211. The van der Waals surface area contributed by atoms with Gasteiger partial charge in [0.25, 0.3) is 5.91 Å². The van der Waals surface area contributed by atoms with Crippen LogP contribution in [0.15, 0.2) is 58.7 Å². The molecule has 0 atom stereocenters. The summed E-state index contributed by atoms with van der Waals surface area (Å²) < 4.78 is 30.6. The van der Waals surface area contributed by atoms with Gasteiger partial charge in [-0.2, -0.15) is 11.8 Å². The molecule has 0 bridgehead atoms. The highest BCUT2D eigenvalue weighted by Gasteiger charge is 2.52. The fourth-order valence-corrected chi connectivity index (χ4v) is 6.75. The first-order valence-electron chi connectivity index (χ1n) is 9.57.